The summed E-state index contributed by atoms with van der Waals surface area (Å²) in [6.07, 6.45) is 0.609. The van der Waals surface area contributed by atoms with Crippen LogP contribution >= 0.6 is 0 Å². The van der Waals surface area contributed by atoms with E-state index in [1.807, 2.05) is 12.1 Å². The lowest BCUT2D eigenvalue weighted by molar-refractivity contribution is 0.0552. The van der Waals surface area contributed by atoms with E-state index >= 15 is 0 Å². The van der Waals surface area contributed by atoms with Gasteiger partial charge < -0.3 is 19.9 Å². The van der Waals surface area contributed by atoms with E-state index in [4.69, 9.17) is 9.47 Å². The average molecular weight is 281 g/mol. The first kappa shape index (κ1) is 17.0. The van der Waals surface area contributed by atoms with Crippen molar-refractivity contribution in [3.05, 3.63) is 29.3 Å². The van der Waals surface area contributed by atoms with E-state index in [1.54, 1.807) is 21.0 Å². The van der Waals surface area contributed by atoms with Crippen molar-refractivity contribution in [2.75, 3.05) is 26.9 Å². The molecule has 0 aliphatic heterocycles. The second-order valence-corrected chi connectivity index (χ2v) is 5.69. The van der Waals surface area contributed by atoms with Gasteiger partial charge in [-0.2, -0.15) is 0 Å². The molecule has 20 heavy (non-hydrogen) atoms. The van der Waals surface area contributed by atoms with E-state index < -0.39 is 5.60 Å². The number of ether oxygens (including phenoxy) is 2. The Morgan fingerprint density at radius 3 is 2.65 bits per heavy atom. The standard InChI is InChI=1S/C16H27NO3/c1-13-5-6-15(20-9-7-16(2,3)18)14(11-13)12-17-8-10-19-4/h5-6,11,17-18H,7-10,12H2,1-4H3. The van der Waals surface area contributed by atoms with Gasteiger partial charge in [0, 0.05) is 32.2 Å². The van der Waals surface area contributed by atoms with Gasteiger partial charge in [0.1, 0.15) is 5.75 Å². The topological polar surface area (TPSA) is 50.7 Å². The molecule has 0 aliphatic rings. The Morgan fingerprint density at radius 1 is 1.25 bits per heavy atom. The number of hydrogen-bond acceptors (Lipinski definition) is 4. The second kappa shape index (κ2) is 8.25. The van der Waals surface area contributed by atoms with Gasteiger partial charge in [-0.25, -0.2) is 0 Å². The summed E-state index contributed by atoms with van der Waals surface area (Å²) in [5.41, 5.74) is 1.65. The number of aliphatic hydroxyl groups is 1. The molecule has 1 aromatic rings. The first-order chi connectivity index (χ1) is 9.42. The van der Waals surface area contributed by atoms with Crippen LogP contribution in [-0.2, 0) is 11.3 Å². The molecule has 0 radical (unpaired) electrons. The highest BCUT2D eigenvalue weighted by Gasteiger charge is 2.13. The second-order valence-electron chi connectivity index (χ2n) is 5.69. The van der Waals surface area contributed by atoms with Gasteiger partial charge in [0.05, 0.1) is 18.8 Å². The quantitative estimate of drug-likeness (QED) is 0.682. The number of hydrogen-bond donors (Lipinski definition) is 2. The smallest absolute Gasteiger partial charge is 0.123 e. The monoisotopic (exact) mass is 281 g/mol. The molecule has 0 spiro atoms. The van der Waals surface area contributed by atoms with E-state index in [9.17, 15) is 5.11 Å². The fraction of sp³-hybridized carbons (Fsp3) is 0.625. The largest absolute Gasteiger partial charge is 0.493 e. The molecule has 0 saturated carbocycles. The zero-order valence-electron chi connectivity index (χ0n) is 13.0. The van der Waals surface area contributed by atoms with Crippen LogP contribution in [0.4, 0.5) is 0 Å². The van der Waals surface area contributed by atoms with Gasteiger partial charge in [-0.1, -0.05) is 17.7 Å². The third-order valence-electron chi connectivity index (χ3n) is 2.99. The fourth-order valence-corrected chi connectivity index (χ4v) is 1.80. The van der Waals surface area contributed by atoms with Gasteiger partial charge in [-0.3, -0.25) is 0 Å². The van der Waals surface area contributed by atoms with Crippen LogP contribution in [-0.4, -0.2) is 37.6 Å². The minimum absolute atomic E-state index is 0.512. The molecule has 0 amide bonds. The van der Waals surface area contributed by atoms with Crippen LogP contribution in [0, 0.1) is 6.92 Å². The van der Waals surface area contributed by atoms with Gasteiger partial charge in [0.2, 0.25) is 0 Å². The maximum absolute atomic E-state index is 9.70. The molecule has 4 heteroatoms. The molecule has 0 aliphatic carbocycles. The maximum Gasteiger partial charge on any atom is 0.123 e. The first-order valence-electron chi connectivity index (χ1n) is 7.07. The SMILES string of the molecule is COCCNCc1cc(C)ccc1OCCC(C)(C)O. The molecule has 1 rings (SSSR count). The molecule has 0 heterocycles. The highest BCUT2D eigenvalue weighted by atomic mass is 16.5. The van der Waals surface area contributed by atoms with Crippen LogP contribution in [0.2, 0.25) is 0 Å². The molecule has 0 atom stereocenters. The molecule has 1 aromatic carbocycles. The molecule has 0 fully saturated rings. The number of aryl methyl sites for hydroxylation is 1. The van der Waals surface area contributed by atoms with Crippen molar-refractivity contribution in [3.8, 4) is 5.75 Å². The Labute approximate surface area is 122 Å². The molecular formula is C16H27NO3. The van der Waals surface area contributed by atoms with Crippen molar-refractivity contribution < 1.29 is 14.6 Å². The Balaban J connectivity index is 2.55. The van der Waals surface area contributed by atoms with Crippen LogP contribution < -0.4 is 10.1 Å². The van der Waals surface area contributed by atoms with Crippen molar-refractivity contribution in [3.63, 3.8) is 0 Å². The summed E-state index contributed by atoms with van der Waals surface area (Å²) in [5.74, 6) is 0.879. The van der Waals surface area contributed by atoms with E-state index in [1.165, 1.54) is 5.56 Å². The molecule has 0 unspecified atom stereocenters. The van der Waals surface area contributed by atoms with Crippen LogP contribution in [0.15, 0.2) is 18.2 Å². The van der Waals surface area contributed by atoms with Gasteiger partial charge >= 0.3 is 0 Å². The van der Waals surface area contributed by atoms with E-state index in [0.29, 0.717) is 19.6 Å². The third kappa shape index (κ3) is 6.89. The lowest BCUT2D eigenvalue weighted by atomic mass is 10.1. The van der Waals surface area contributed by atoms with Crippen LogP contribution in [0.5, 0.6) is 5.75 Å². The molecule has 4 nitrogen and oxygen atoms in total. The summed E-state index contributed by atoms with van der Waals surface area (Å²) >= 11 is 0. The molecule has 0 saturated heterocycles. The number of benzene rings is 1. The van der Waals surface area contributed by atoms with Gasteiger partial charge in [0.15, 0.2) is 0 Å². The number of nitrogens with one attached hydrogen (secondary N) is 1. The summed E-state index contributed by atoms with van der Waals surface area (Å²) in [7, 11) is 1.69. The molecular weight excluding hydrogens is 254 g/mol. The highest BCUT2D eigenvalue weighted by Crippen LogP contribution is 2.21. The van der Waals surface area contributed by atoms with E-state index in [2.05, 4.69) is 18.3 Å². The lowest BCUT2D eigenvalue weighted by Crippen LogP contribution is -2.22. The van der Waals surface area contributed by atoms with Crippen molar-refractivity contribution in [1.82, 2.24) is 5.32 Å². The third-order valence-corrected chi connectivity index (χ3v) is 2.99. The predicted octanol–water partition coefficient (Wildman–Crippen LogP) is 2.27. The zero-order valence-corrected chi connectivity index (χ0v) is 13.0. The Hall–Kier alpha value is -1.10. The van der Waals surface area contributed by atoms with Crippen LogP contribution in [0.25, 0.3) is 0 Å². The minimum Gasteiger partial charge on any atom is -0.493 e. The van der Waals surface area contributed by atoms with Crippen LogP contribution in [0.3, 0.4) is 0 Å². The number of methoxy groups -OCH3 is 1. The average Bonchev–Trinajstić information content (AvgIpc) is 2.35. The van der Waals surface area contributed by atoms with Gasteiger partial charge in [0.25, 0.3) is 0 Å². The summed E-state index contributed by atoms with van der Waals surface area (Å²) in [5, 5.41) is 13.0. The van der Waals surface area contributed by atoms with Gasteiger partial charge in [-0.15, -0.1) is 0 Å². The Bertz CT molecular complexity index is 399. The lowest BCUT2D eigenvalue weighted by Gasteiger charge is -2.18. The normalized spacial score (nSPS) is 11.7. The summed E-state index contributed by atoms with van der Waals surface area (Å²) in [6.45, 7) is 8.42. The summed E-state index contributed by atoms with van der Waals surface area (Å²) in [6, 6.07) is 6.16. The fourth-order valence-electron chi connectivity index (χ4n) is 1.80. The molecule has 114 valence electrons. The minimum atomic E-state index is -0.693. The van der Waals surface area contributed by atoms with Crippen LogP contribution in [0.1, 0.15) is 31.4 Å². The van der Waals surface area contributed by atoms with E-state index in [-0.39, 0.29) is 0 Å². The maximum atomic E-state index is 9.70. The molecule has 2 N–H and O–H groups in total. The molecule has 0 bridgehead atoms. The predicted molar refractivity (Wildman–Crippen MR) is 81.2 cm³/mol. The van der Waals surface area contributed by atoms with Crippen molar-refractivity contribution >= 4 is 0 Å². The highest BCUT2D eigenvalue weighted by molar-refractivity contribution is 5.36. The Morgan fingerprint density at radius 2 is 2.00 bits per heavy atom. The first-order valence-corrected chi connectivity index (χ1v) is 7.07. The number of rotatable bonds is 9. The van der Waals surface area contributed by atoms with Crippen molar-refractivity contribution in [2.24, 2.45) is 0 Å². The summed E-state index contributed by atoms with van der Waals surface area (Å²) < 4.78 is 10.8. The summed E-state index contributed by atoms with van der Waals surface area (Å²) in [4.78, 5) is 0. The van der Waals surface area contributed by atoms with E-state index in [0.717, 1.165) is 24.4 Å². The van der Waals surface area contributed by atoms with Crippen molar-refractivity contribution in [1.29, 1.82) is 0 Å². The Kier molecular flexibility index (Phi) is 6.99. The van der Waals surface area contributed by atoms with Gasteiger partial charge in [-0.05, 0) is 26.8 Å². The molecule has 0 aromatic heterocycles. The van der Waals surface area contributed by atoms with Crippen molar-refractivity contribution in [2.45, 2.75) is 39.3 Å². The zero-order chi connectivity index (χ0) is 15.0.